The van der Waals surface area contributed by atoms with Crippen LogP contribution in [-0.4, -0.2) is 17.9 Å². The van der Waals surface area contributed by atoms with E-state index in [0.717, 1.165) is 0 Å². The van der Waals surface area contributed by atoms with E-state index in [1.54, 1.807) is 6.07 Å². The van der Waals surface area contributed by atoms with Crippen LogP contribution in [0.3, 0.4) is 0 Å². The molecule has 1 atom stereocenters. The summed E-state index contributed by atoms with van der Waals surface area (Å²) in [4.78, 5) is 22.1. The van der Waals surface area contributed by atoms with Crippen molar-refractivity contribution in [1.29, 1.82) is 5.26 Å². The number of carbonyl (C=O) groups excluding carboxylic acids is 2. The zero-order valence-electron chi connectivity index (χ0n) is 8.81. The van der Waals surface area contributed by atoms with Gasteiger partial charge in [0.1, 0.15) is 5.82 Å². The molecule has 0 heterocycles. The number of carbonyl (C=O) groups is 2. The predicted molar refractivity (Wildman–Crippen MR) is 56.8 cm³/mol. The minimum absolute atomic E-state index is 0.0499. The van der Waals surface area contributed by atoms with Crippen LogP contribution < -0.4 is 11.1 Å². The maximum absolute atomic E-state index is 12.6. The van der Waals surface area contributed by atoms with Crippen molar-refractivity contribution in [3.05, 3.63) is 35.6 Å². The number of hydrogen-bond acceptors (Lipinski definition) is 3. The number of nitriles is 1. The molecule has 0 radical (unpaired) electrons. The summed E-state index contributed by atoms with van der Waals surface area (Å²) in [5, 5.41) is 10.7. The molecule has 0 aliphatic heterocycles. The molecule has 17 heavy (non-hydrogen) atoms. The first-order chi connectivity index (χ1) is 8.02. The maximum atomic E-state index is 12.6. The Labute approximate surface area is 97.0 Å². The van der Waals surface area contributed by atoms with Crippen LogP contribution in [0.15, 0.2) is 24.3 Å². The monoisotopic (exact) mass is 235 g/mol. The molecule has 0 spiro atoms. The quantitative estimate of drug-likeness (QED) is 0.760. The van der Waals surface area contributed by atoms with Crippen LogP contribution in [-0.2, 0) is 16.0 Å². The standard InChI is InChI=1S/C11H10FN3O2/c12-8-3-1-7(2-4-8)5-10(16)15-9(6-13)11(14)17/h1-4,9H,5H2,(H2,14,17)(H,15,16)/t9-/m0/s1. The van der Waals surface area contributed by atoms with E-state index in [9.17, 15) is 14.0 Å². The molecule has 2 amide bonds. The highest BCUT2D eigenvalue weighted by molar-refractivity contribution is 5.89. The summed E-state index contributed by atoms with van der Waals surface area (Å²) in [5.41, 5.74) is 5.46. The van der Waals surface area contributed by atoms with Gasteiger partial charge >= 0.3 is 0 Å². The molecule has 1 rings (SSSR count). The third-order valence-electron chi connectivity index (χ3n) is 2.00. The first-order valence-electron chi connectivity index (χ1n) is 4.75. The summed E-state index contributed by atoms with van der Waals surface area (Å²) in [6, 6.07) is 5.55. The number of nitrogens with two attached hydrogens (primary N) is 1. The summed E-state index contributed by atoms with van der Waals surface area (Å²) >= 11 is 0. The van der Waals surface area contributed by atoms with Gasteiger partial charge in [-0.15, -0.1) is 0 Å². The van der Waals surface area contributed by atoms with Gasteiger partial charge in [-0.05, 0) is 17.7 Å². The Morgan fingerprint density at radius 1 is 1.41 bits per heavy atom. The Balaban J connectivity index is 2.58. The Bertz CT molecular complexity index is 465. The smallest absolute Gasteiger partial charge is 0.254 e. The molecule has 0 aromatic heterocycles. The average molecular weight is 235 g/mol. The zero-order chi connectivity index (χ0) is 12.8. The van der Waals surface area contributed by atoms with Gasteiger partial charge in [0.15, 0.2) is 6.04 Å². The molecule has 88 valence electrons. The first-order valence-corrected chi connectivity index (χ1v) is 4.75. The van der Waals surface area contributed by atoms with Crippen LogP contribution in [0.25, 0.3) is 0 Å². The molecule has 0 aliphatic rings. The first kappa shape index (κ1) is 12.6. The van der Waals surface area contributed by atoms with Crippen LogP contribution in [0.1, 0.15) is 5.56 Å². The largest absolute Gasteiger partial charge is 0.367 e. The minimum Gasteiger partial charge on any atom is -0.367 e. The lowest BCUT2D eigenvalue weighted by Gasteiger charge is -2.07. The number of halogens is 1. The molecule has 3 N–H and O–H groups in total. The molecule has 0 fully saturated rings. The van der Waals surface area contributed by atoms with E-state index in [1.807, 2.05) is 0 Å². The van der Waals surface area contributed by atoms with E-state index in [1.165, 1.54) is 24.3 Å². The third-order valence-corrected chi connectivity index (χ3v) is 2.00. The number of amides is 2. The molecule has 5 nitrogen and oxygen atoms in total. The Hall–Kier alpha value is -2.42. The highest BCUT2D eigenvalue weighted by Gasteiger charge is 2.16. The average Bonchev–Trinajstić information content (AvgIpc) is 2.28. The zero-order valence-corrected chi connectivity index (χ0v) is 8.81. The third kappa shape index (κ3) is 3.91. The second-order valence-electron chi connectivity index (χ2n) is 3.34. The predicted octanol–water partition coefficient (Wildman–Crippen LogP) is -0.138. The highest BCUT2D eigenvalue weighted by Crippen LogP contribution is 2.03. The fourth-order valence-corrected chi connectivity index (χ4v) is 1.17. The van der Waals surface area contributed by atoms with Crippen LogP contribution >= 0.6 is 0 Å². The molecule has 1 aromatic rings. The van der Waals surface area contributed by atoms with Gasteiger partial charge in [0.05, 0.1) is 12.5 Å². The number of nitrogens with one attached hydrogen (secondary N) is 1. The Morgan fingerprint density at radius 2 is 2.00 bits per heavy atom. The van der Waals surface area contributed by atoms with E-state index in [2.05, 4.69) is 5.32 Å². The topological polar surface area (TPSA) is 96.0 Å². The van der Waals surface area contributed by atoms with Gasteiger partial charge < -0.3 is 11.1 Å². The van der Waals surface area contributed by atoms with Gasteiger partial charge in [-0.2, -0.15) is 5.26 Å². The lowest BCUT2D eigenvalue weighted by Crippen LogP contribution is -2.43. The summed E-state index contributed by atoms with van der Waals surface area (Å²) in [6.45, 7) is 0. The van der Waals surface area contributed by atoms with Crippen molar-refractivity contribution in [2.24, 2.45) is 5.73 Å². The molecular formula is C11H10FN3O2. The van der Waals surface area contributed by atoms with Gasteiger partial charge in [-0.1, -0.05) is 12.1 Å². The lowest BCUT2D eigenvalue weighted by molar-refractivity contribution is -0.125. The molecule has 0 saturated heterocycles. The Morgan fingerprint density at radius 3 is 2.47 bits per heavy atom. The second kappa shape index (κ2) is 5.61. The Kier molecular flexibility index (Phi) is 4.17. The normalized spacial score (nSPS) is 11.3. The second-order valence-corrected chi connectivity index (χ2v) is 3.34. The fraction of sp³-hybridized carbons (Fsp3) is 0.182. The van der Waals surface area contributed by atoms with Crippen molar-refractivity contribution in [2.75, 3.05) is 0 Å². The van der Waals surface area contributed by atoms with Gasteiger partial charge in [0.25, 0.3) is 5.91 Å². The van der Waals surface area contributed by atoms with Crippen molar-refractivity contribution in [3.8, 4) is 6.07 Å². The summed E-state index contributed by atoms with van der Waals surface area (Å²) in [5.74, 6) is -1.84. The van der Waals surface area contributed by atoms with Gasteiger partial charge in [-0.25, -0.2) is 4.39 Å². The van der Waals surface area contributed by atoms with Gasteiger partial charge in [-0.3, -0.25) is 9.59 Å². The van der Waals surface area contributed by atoms with Crippen LogP contribution in [0.5, 0.6) is 0 Å². The van der Waals surface area contributed by atoms with Crippen LogP contribution in [0.4, 0.5) is 4.39 Å². The summed E-state index contributed by atoms with van der Waals surface area (Å²) in [6.07, 6.45) is -0.0499. The molecule has 0 bridgehead atoms. The van der Waals surface area contributed by atoms with Crippen molar-refractivity contribution < 1.29 is 14.0 Å². The van der Waals surface area contributed by atoms with E-state index in [4.69, 9.17) is 11.0 Å². The molecule has 6 heteroatoms. The SMILES string of the molecule is N#C[C@H](NC(=O)Cc1ccc(F)cc1)C(N)=O. The molecule has 0 unspecified atom stereocenters. The van der Waals surface area contributed by atoms with E-state index < -0.39 is 23.7 Å². The van der Waals surface area contributed by atoms with Crippen molar-refractivity contribution >= 4 is 11.8 Å². The summed E-state index contributed by atoms with van der Waals surface area (Å²) in [7, 11) is 0. The molecule has 0 aliphatic carbocycles. The van der Waals surface area contributed by atoms with Crippen LogP contribution in [0.2, 0.25) is 0 Å². The van der Waals surface area contributed by atoms with Crippen molar-refractivity contribution in [2.45, 2.75) is 12.5 Å². The number of rotatable bonds is 4. The highest BCUT2D eigenvalue weighted by atomic mass is 19.1. The number of benzene rings is 1. The number of nitrogens with zero attached hydrogens (tertiary/aromatic N) is 1. The van der Waals surface area contributed by atoms with Gasteiger partial charge in [0, 0.05) is 0 Å². The van der Waals surface area contributed by atoms with Crippen LogP contribution in [0, 0.1) is 17.1 Å². The van der Waals surface area contributed by atoms with Crippen molar-refractivity contribution in [3.63, 3.8) is 0 Å². The minimum atomic E-state index is -1.34. The maximum Gasteiger partial charge on any atom is 0.254 e. The number of hydrogen-bond donors (Lipinski definition) is 2. The summed E-state index contributed by atoms with van der Waals surface area (Å²) < 4.78 is 12.6. The van der Waals surface area contributed by atoms with E-state index >= 15 is 0 Å². The number of primary amides is 1. The molecule has 1 aromatic carbocycles. The fourth-order valence-electron chi connectivity index (χ4n) is 1.17. The molecule has 0 saturated carbocycles. The van der Waals surface area contributed by atoms with Gasteiger partial charge in [0.2, 0.25) is 5.91 Å². The van der Waals surface area contributed by atoms with Crippen molar-refractivity contribution in [1.82, 2.24) is 5.32 Å². The lowest BCUT2D eigenvalue weighted by atomic mass is 10.1. The molecular weight excluding hydrogens is 225 g/mol. The van der Waals surface area contributed by atoms with E-state index in [-0.39, 0.29) is 6.42 Å². The van der Waals surface area contributed by atoms with E-state index in [0.29, 0.717) is 5.56 Å².